The first-order valence-corrected chi connectivity index (χ1v) is 11.7. The van der Waals surface area contributed by atoms with E-state index in [9.17, 15) is 18.4 Å². The van der Waals surface area contributed by atoms with Gasteiger partial charge in [-0.3, -0.25) is 9.59 Å². The number of aryl methyl sites for hydroxylation is 1. The van der Waals surface area contributed by atoms with E-state index in [0.29, 0.717) is 24.7 Å². The third-order valence-corrected chi connectivity index (χ3v) is 6.42. The van der Waals surface area contributed by atoms with Crippen molar-refractivity contribution in [3.63, 3.8) is 0 Å². The van der Waals surface area contributed by atoms with Crippen molar-refractivity contribution >= 4 is 17.5 Å². The highest BCUT2D eigenvalue weighted by Crippen LogP contribution is 2.40. The average Bonchev–Trinajstić information content (AvgIpc) is 3.45. The standard InChI is InChI=1S/C25H22F4N4O5/c1-36-15-9-17(26)20(18(27)10-15)16-12-32(19-11-30-33-7-2-8-37-24(19)33)23(35)21(16)31-22(34)13-3-5-14(6-4-13)38-25(28)29/h3-6,9-11,16,21,25H,2,7-8,12H2,1H3,(H,31,34)/t16-,21?/m0/s1. The summed E-state index contributed by atoms with van der Waals surface area (Å²) in [6.07, 6.45) is 2.16. The molecule has 0 bridgehead atoms. The number of carbonyl (C=O) groups excluding carboxylic acids is 2. The average molecular weight is 534 g/mol. The van der Waals surface area contributed by atoms with Gasteiger partial charge in [-0.15, -0.1) is 0 Å². The quantitative estimate of drug-likeness (QED) is 0.467. The number of hydrogen-bond acceptors (Lipinski definition) is 6. The van der Waals surface area contributed by atoms with Gasteiger partial charge in [0.2, 0.25) is 11.8 Å². The first kappa shape index (κ1) is 25.4. The molecule has 1 fully saturated rings. The molecule has 38 heavy (non-hydrogen) atoms. The maximum atomic E-state index is 15.1. The number of carbonyl (C=O) groups is 2. The van der Waals surface area contributed by atoms with Gasteiger partial charge in [-0.1, -0.05) is 0 Å². The number of methoxy groups -OCH3 is 1. The maximum absolute atomic E-state index is 15.1. The van der Waals surface area contributed by atoms with Crippen LogP contribution in [-0.4, -0.2) is 54.5 Å². The number of halogens is 4. The van der Waals surface area contributed by atoms with Crippen LogP contribution in [0.5, 0.6) is 17.4 Å². The first-order valence-electron chi connectivity index (χ1n) is 11.7. The summed E-state index contributed by atoms with van der Waals surface area (Å²) in [6.45, 7) is -2.22. The minimum absolute atomic E-state index is 0.0264. The Morgan fingerprint density at radius 3 is 2.53 bits per heavy atom. The molecule has 1 unspecified atom stereocenters. The number of amides is 2. The molecule has 2 atom stereocenters. The summed E-state index contributed by atoms with van der Waals surface area (Å²) in [6, 6.07) is 5.43. The number of anilines is 1. The van der Waals surface area contributed by atoms with Gasteiger partial charge in [-0.05, 0) is 24.3 Å². The second-order valence-electron chi connectivity index (χ2n) is 8.67. The van der Waals surface area contributed by atoms with Gasteiger partial charge in [0.15, 0.2) is 0 Å². The molecule has 1 aromatic heterocycles. The molecule has 0 spiro atoms. The van der Waals surface area contributed by atoms with Gasteiger partial charge in [-0.2, -0.15) is 13.9 Å². The lowest BCUT2D eigenvalue weighted by molar-refractivity contribution is -0.118. The highest BCUT2D eigenvalue weighted by molar-refractivity contribution is 6.05. The van der Waals surface area contributed by atoms with Crippen molar-refractivity contribution in [3.8, 4) is 17.4 Å². The second-order valence-corrected chi connectivity index (χ2v) is 8.67. The zero-order valence-corrected chi connectivity index (χ0v) is 20.0. The summed E-state index contributed by atoms with van der Waals surface area (Å²) >= 11 is 0. The molecule has 1 saturated heterocycles. The van der Waals surface area contributed by atoms with Crippen molar-refractivity contribution in [1.82, 2.24) is 15.1 Å². The number of alkyl halides is 2. The number of rotatable bonds is 7. The van der Waals surface area contributed by atoms with Crippen LogP contribution in [0.1, 0.15) is 28.3 Å². The Morgan fingerprint density at radius 1 is 1.16 bits per heavy atom. The number of ether oxygens (including phenoxy) is 3. The second kappa shape index (κ2) is 10.2. The van der Waals surface area contributed by atoms with Crippen molar-refractivity contribution in [2.24, 2.45) is 0 Å². The highest BCUT2D eigenvalue weighted by atomic mass is 19.3. The van der Waals surface area contributed by atoms with E-state index in [4.69, 9.17) is 9.47 Å². The number of nitrogens with zero attached hydrogens (tertiary/aromatic N) is 3. The molecule has 0 radical (unpaired) electrons. The summed E-state index contributed by atoms with van der Waals surface area (Å²) < 4.78 is 71.6. The van der Waals surface area contributed by atoms with Crippen LogP contribution < -0.4 is 24.4 Å². The van der Waals surface area contributed by atoms with E-state index in [1.807, 2.05) is 0 Å². The predicted octanol–water partition coefficient (Wildman–Crippen LogP) is 3.48. The number of aromatic nitrogens is 2. The van der Waals surface area contributed by atoms with Gasteiger partial charge in [0.05, 0.1) is 19.9 Å². The van der Waals surface area contributed by atoms with Gasteiger partial charge >= 0.3 is 6.61 Å². The van der Waals surface area contributed by atoms with Gasteiger partial charge in [0, 0.05) is 48.7 Å². The zero-order chi connectivity index (χ0) is 27.0. The molecule has 2 amide bonds. The van der Waals surface area contributed by atoms with Crippen molar-refractivity contribution in [2.45, 2.75) is 31.5 Å². The molecule has 9 nitrogen and oxygen atoms in total. The fourth-order valence-electron chi connectivity index (χ4n) is 4.66. The van der Waals surface area contributed by atoms with E-state index in [-0.39, 0.29) is 23.6 Å². The van der Waals surface area contributed by atoms with E-state index in [1.54, 1.807) is 4.68 Å². The van der Waals surface area contributed by atoms with Gasteiger partial charge < -0.3 is 24.4 Å². The molecule has 5 rings (SSSR count). The lowest BCUT2D eigenvalue weighted by atomic mass is 9.92. The lowest BCUT2D eigenvalue weighted by Gasteiger charge is -2.20. The topological polar surface area (TPSA) is 94.9 Å². The highest BCUT2D eigenvalue weighted by Gasteiger charge is 2.46. The van der Waals surface area contributed by atoms with Crippen LogP contribution in [0.2, 0.25) is 0 Å². The van der Waals surface area contributed by atoms with Crippen LogP contribution in [0.25, 0.3) is 0 Å². The molecular formula is C25H22F4N4O5. The van der Waals surface area contributed by atoms with E-state index >= 15 is 8.78 Å². The van der Waals surface area contributed by atoms with Gasteiger partial charge in [0.1, 0.15) is 34.9 Å². The predicted molar refractivity (Wildman–Crippen MR) is 125 cm³/mol. The summed E-state index contributed by atoms with van der Waals surface area (Å²) in [5.74, 6) is -4.24. The normalized spacial score (nSPS) is 18.8. The Labute approximate surface area is 213 Å². The summed E-state index contributed by atoms with van der Waals surface area (Å²) in [7, 11) is 1.26. The third-order valence-electron chi connectivity index (χ3n) is 6.42. The van der Waals surface area contributed by atoms with Crippen LogP contribution in [0.4, 0.5) is 23.2 Å². The van der Waals surface area contributed by atoms with Crippen molar-refractivity contribution < 1.29 is 41.4 Å². The van der Waals surface area contributed by atoms with Crippen molar-refractivity contribution in [3.05, 3.63) is 65.4 Å². The zero-order valence-electron chi connectivity index (χ0n) is 20.0. The van der Waals surface area contributed by atoms with Crippen molar-refractivity contribution in [1.29, 1.82) is 0 Å². The fourth-order valence-corrected chi connectivity index (χ4v) is 4.66. The summed E-state index contributed by atoms with van der Waals surface area (Å²) in [5, 5.41) is 6.79. The number of hydrogen-bond donors (Lipinski definition) is 1. The maximum Gasteiger partial charge on any atom is 0.387 e. The number of benzene rings is 2. The molecule has 200 valence electrons. The Bertz CT molecular complexity index is 1340. The van der Waals surface area contributed by atoms with Crippen LogP contribution >= 0.6 is 0 Å². The summed E-state index contributed by atoms with van der Waals surface area (Å²) in [4.78, 5) is 27.9. The Hall–Kier alpha value is -4.29. The number of nitrogens with one attached hydrogen (secondary N) is 1. The van der Waals surface area contributed by atoms with E-state index < -0.39 is 47.6 Å². The molecule has 0 saturated carbocycles. The largest absolute Gasteiger partial charge is 0.497 e. The smallest absolute Gasteiger partial charge is 0.387 e. The fraction of sp³-hybridized carbons (Fsp3) is 0.320. The monoisotopic (exact) mass is 534 g/mol. The SMILES string of the molecule is COc1cc(F)c([C@@H]2CN(c3cnn4c3OCCC4)C(=O)C2NC(=O)c2ccc(OC(F)F)cc2)c(F)c1. The molecule has 3 aromatic rings. The minimum atomic E-state index is -3.04. The molecule has 0 aliphatic carbocycles. The van der Waals surface area contributed by atoms with E-state index in [2.05, 4.69) is 15.2 Å². The molecule has 3 heterocycles. The Kier molecular flexibility index (Phi) is 6.83. The number of fused-ring (bicyclic) bond motifs is 1. The van der Waals surface area contributed by atoms with E-state index in [1.165, 1.54) is 42.5 Å². The van der Waals surface area contributed by atoms with Crippen LogP contribution in [0.3, 0.4) is 0 Å². The van der Waals surface area contributed by atoms with Gasteiger partial charge in [0.25, 0.3) is 5.91 Å². The minimum Gasteiger partial charge on any atom is -0.497 e. The molecule has 2 aliphatic heterocycles. The summed E-state index contributed by atoms with van der Waals surface area (Å²) in [5.41, 5.74) is -0.0487. The van der Waals surface area contributed by atoms with Crippen LogP contribution in [-0.2, 0) is 11.3 Å². The molecule has 2 aliphatic rings. The molecular weight excluding hydrogens is 512 g/mol. The first-order chi connectivity index (χ1) is 18.3. The van der Waals surface area contributed by atoms with Crippen LogP contribution in [0, 0.1) is 11.6 Å². The molecule has 1 N–H and O–H groups in total. The molecule has 13 heteroatoms. The van der Waals surface area contributed by atoms with Crippen molar-refractivity contribution in [2.75, 3.05) is 25.2 Å². The van der Waals surface area contributed by atoms with Crippen LogP contribution in [0.15, 0.2) is 42.6 Å². The lowest BCUT2D eigenvalue weighted by Crippen LogP contribution is -2.44. The molecule has 2 aromatic carbocycles. The van der Waals surface area contributed by atoms with E-state index in [0.717, 1.165) is 18.6 Å². The Morgan fingerprint density at radius 2 is 1.87 bits per heavy atom. The third kappa shape index (κ3) is 4.71. The van der Waals surface area contributed by atoms with Gasteiger partial charge in [-0.25, -0.2) is 13.5 Å². The Balaban J connectivity index is 1.48.